The molecule has 0 radical (unpaired) electrons. The number of aromatic nitrogens is 2. The first kappa shape index (κ1) is 35.3. The van der Waals surface area contributed by atoms with E-state index in [0.717, 1.165) is 44.8 Å². The molecular weight excluding hydrogens is 707 g/mol. The molecule has 0 fully saturated rings. The molecule has 2 N–H and O–H groups in total. The van der Waals surface area contributed by atoms with E-state index in [4.69, 9.17) is 9.97 Å². The van der Waals surface area contributed by atoms with Crippen molar-refractivity contribution < 1.29 is 10.0 Å². The van der Waals surface area contributed by atoms with Gasteiger partial charge in [-0.05, 0) is 73.2 Å². The highest BCUT2D eigenvalue weighted by molar-refractivity contribution is 6.58. The summed E-state index contributed by atoms with van der Waals surface area (Å²) in [6.07, 6.45) is 0. The van der Waals surface area contributed by atoms with Crippen LogP contribution in [0.1, 0.15) is 22.3 Å². The van der Waals surface area contributed by atoms with Gasteiger partial charge < -0.3 is 10.0 Å². The molecule has 0 atom stereocenters. The van der Waals surface area contributed by atoms with Crippen molar-refractivity contribution in [2.45, 2.75) is 5.41 Å². The molecule has 0 bridgehead atoms. The Morgan fingerprint density at radius 3 is 1.36 bits per heavy atom. The summed E-state index contributed by atoms with van der Waals surface area (Å²) in [4.78, 5) is 10.5. The van der Waals surface area contributed by atoms with E-state index in [-0.39, 0.29) is 0 Å². The van der Waals surface area contributed by atoms with Gasteiger partial charge in [-0.3, -0.25) is 0 Å². The fourth-order valence-electron chi connectivity index (χ4n) is 8.60. The van der Waals surface area contributed by atoms with Gasteiger partial charge in [0, 0.05) is 16.7 Å². The second-order valence-electron chi connectivity index (χ2n) is 14.8. The number of nitrogens with zero attached hydrogens (tertiary/aromatic N) is 2. The molecule has 1 aliphatic carbocycles. The summed E-state index contributed by atoms with van der Waals surface area (Å²) in [5, 5.41) is 19.2. The van der Waals surface area contributed by atoms with Gasteiger partial charge in [0.1, 0.15) is 0 Å². The minimum Gasteiger partial charge on any atom is -0.423 e. The van der Waals surface area contributed by atoms with E-state index < -0.39 is 12.5 Å². The summed E-state index contributed by atoms with van der Waals surface area (Å²) in [5.41, 5.74) is 16.2. The molecule has 10 rings (SSSR count). The van der Waals surface area contributed by atoms with E-state index >= 15 is 0 Å². The summed E-state index contributed by atoms with van der Waals surface area (Å²) >= 11 is 0. The lowest BCUT2D eigenvalue weighted by molar-refractivity contribution is 0.426. The van der Waals surface area contributed by atoms with Crippen molar-refractivity contribution >= 4 is 12.6 Å². The maximum absolute atomic E-state index is 9.58. The van der Waals surface area contributed by atoms with E-state index in [2.05, 4.69) is 182 Å². The zero-order valence-corrected chi connectivity index (χ0v) is 31.6. The Morgan fingerprint density at radius 2 is 0.776 bits per heavy atom. The minimum atomic E-state index is -1.50. The molecule has 1 heterocycles. The van der Waals surface area contributed by atoms with Gasteiger partial charge in [0.05, 0.1) is 16.8 Å². The van der Waals surface area contributed by atoms with Crippen LogP contribution in [0.4, 0.5) is 0 Å². The highest BCUT2D eigenvalue weighted by Crippen LogP contribution is 2.56. The largest absolute Gasteiger partial charge is 0.488 e. The maximum Gasteiger partial charge on any atom is 0.488 e. The highest BCUT2D eigenvalue weighted by atomic mass is 16.4. The van der Waals surface area contributed by atoms with Crippen molar-refractivity contribution in [3.8, 4) is 67.3 Å². The van der Waals surface area contributed by atoms with Crippen molar-refractivity contribution in [2.24, 2.45) is 0 Å². The van der Waals surface area contributed by atoms with Crippen molar-refractivity contribution in [3.63, 3.8) is 0 Å². The monoisotopic (exact) mass is 744 g/mol. The molecule has 0 spiro atoms. The van der Waals surface area contributed by atoms with Gasteiger partial charge in [-0.2, -0.15) is 0 Å². The maximum atomic E-state index is 9.58. The number of hydrogen-bond acceptors (Lipinski definition) is 4. The second-order valence-corrected chi connectivity index (χ2v) is 14.8. The standard InChI is InChI=1S/C53H37BN2O2/c57-54(58)45-31-28-39(29-32-45)38-22-26-41(27-23-38)52-55-50(40-24-20-37(21-25-40)36-12-4-1-5-13-36)35-51(56-52)42-30-33-47-46-18-10-11-19-48(46)53(49(47)34-42,43-14-6-2-7-15-43)44-16-8-3-9-17-44/h1-35,57-58H. The molecule has 0 saturated carbocycles. The smallest absolute Gasteiger partial charge is 0.423 e. The molecule has 1 aromatic heterocycles. The van der Waals surface area contributed by atoms with Crippen molar-refractivity contribution in [2.75, 3.05) is 0 Å². The lowest BCUT2D eigenvalue weighted by Crippen LogP contribution is -2.29. The molecular formula is C53H37BN2O2. The van der Waals surface area contributed by atoms with Crippen LogP contribution in [0.25, 0.3) is 67.3 Å². The summed E-state index contributed by atoms with van der Waals surface area (Å²) in [6, 6.07) is 73.9. The van der Waals surface area contributed by atoms with Crippen molar-refractivity contribution in [1.29, 1.82) is 0 Å². The first-order valence-electron chi connectivity index (χ1n) is 19.5. The number of hydrogen-bond donors (Lipinski definition) is 2. The highest BCUT2D eigenvalue weighted by Gasteiger charge is 2.46. The Bertz CT molecular complexity index is 2840. The first-order valence-corrected chi connectivity index (χ1v) is 19.5. The van der Waals surface area contributed by atoms with Crippen LogP contribution in [0, 0.1) is 0 Å². The van der Waals surface area contributed by atoms with Gasteiger partial charge in [-0.25, -0.2) is 9.97 Å². The average Bonchev–Trinajstić information content (AvgIpc) is 3.60. The van der Waals surface area contributed by atoms with Crippen molar-refractivity contribution in [3.05, 3.63) is 235 Å². The Balaban J connectivity index is 1.13. The van der Waals surface area contributed by atoms with Gasteiger partial charge >= 0.3 is 7.12 Å². The topological polar surface area (TPSA) is 66.2 Å². The van der Waals surface area contributed by atoms with Gasteiger partial charge in [0.25, 0.3) is 0 Å². The predicted octanol–water partition coefficient (Wildman–Crippen LogP) is 10.9. The molecule has 5 heteroatoms. The Hall–Kier alpha value is -7.18. The van der Waals surface area contributed by atoms with Crippen LogP contribution in [0.15, 0.2) is 212 Å². The molecule has 9 aromatic rings. The Labute approximate surface area is 338 Å². The molecule has 0 unspecified atom stereocenters. The fourth-order valence-corrected chi connectivity index (χ4v) is 8.60. The lowest BCUT2D eigenvalue weighted by atomic mass is 9.67. The van der Waals surface area contributed by atoms with E-state index in [9.17, 15) is 10.0 Å². The van der Waals surface area contributed by atoms with Crippen LogP contribution in [-0.4, -0.2) is 27.1 Å². The predicted molar refractivity (Wildman–Crippen MR) is 236 cm³/mol. The lowest BCUT2D eigenvalue weighted by Gasteiger charge is -2.34. The fraction of sp³-hybridized carbons (Fsp3) is 0.0189. The van der Waals surface area contributed by atoms with Crippen LogP contribution in [0.5, 0.6) is 0 Å². The summed E-state index contributed by atoms with van der Waals surface area (Å²) in [7, 11) is -1.50. The molecule has 1 aliphatic rings. The van der Waals surface area contributed by atoms with Gasteiger partial charge in [-0.15, -0.1) is 0 Å². The van der Waals surface area contributed by atoms with Crippen LogP contribution < -0.4 is 5.46 Å². The Morgan fingerprint density at radius 1 is 0.345 bits per heavy atom. The number of rotatable bonds is 8. The van der Waals surface area contributed by atoms with Gasteiger partial charge in [0.2, 0.25) is 0 Å². The zero-order valence-electron chi connectivity index (χ0n) is 31.6. The molecule has 58 heavy (non-hydrogen) atoms. The molecule has 4 nitrogen and oxygen atoms in total. The summed E-state index contributed by atoms with van der Waals surface area (Å²) in [6.45, 7) is 0. The molecule has 274 valence electrons. The third-order valence-electron chi connectivity index (χ3n) is 11.5. The van der Waals surface area contributed by atoms with E-state index in [0.29, 0.717) is 11.3 Å². The normalized spacial score (nSPS) is 12.4. The molecule has 0 amide bonds. The number of fused-ring (bicyclic) bond motifs is 3. The van der Waals surface area contributed by atoms with Gasteiger partial charge in [-0.1, -0.05) is 200 Å². The van der Waals surface area contributed by atoms with E-state index in [1.807, 2.05) is 18.2 Å². The van der Waals surface area contributed by atoms with E-state index in [1.54, 1.807) is 12.1 Å². The third kappa shape index (κ3) is 6.14. The Kier molecular flexibility index (Phi) is 8.95. The van der Waals surface area contributed by atoms with Crippen LogP contribution in [-0.2, 0) is 5.41 Å². The summed E-state index contributed by atoms with van der Waals surface area (Å²) in [5.74, 6) is 0.631. The first-order chi connectivity index (χ1) is 28.6. The molecule has 0 saturated heterocycles. The van der Waals surface area contributed by atoms with Gasteiger partial charge in [0.15, 0.2) is 5.82 Å². The zero-order chi connectivity index (χ0) is 39.1. The SMILES string of the molecule is OB(O)c1ccc(-c2ccc(-c3nc(-c4ccc(-c5ccccc5)cc4)cc(-c4ccc5c(c4)C(c4ccccc4)(c4ccccc4)c4ccccc4-5)n3)cc2)cc1. The third-order valence-corrected chi connectivity index (χ3v) is 11.5. The number of benzene rings is 8. The molecule has 8 aromatic carbocycles. The van der Waals surface area contributed by atoms with Crippen molar-refractivity contribution in [1.82, 2.24) is 9.97 Å². The minimum absolute atomic E-state index is 0.454. The summed E-state index contributed by atoms with van der Waals surface area (Å²) < 4.78 is 0. The van der Waals surface area contributed by atoms with E-state index in [1.165, 1.54) is 38.9 Å². The quantitative estimate of drug-likeness (QED) is 0.152. The van der Waals surface area contributed by atoms with Crippen LogP contribution in [0.3, 0.4) is 0 Å². The van der Waals surface area contributed by atoms with Crippen LogP contribution in [0.2, 0.25) is 0 Å². The second kappa shape index (κ2) is 14.7. The van der Waals surface area contributed by atoms with Crippen LogP contribution >= 0.6 is 0 Å². The average molecular weight is 745 g/mol. The molecule has 0 aliphatic heterocycles.